The van der Waals surface area contributed by atoms with Crippen molar-refractivity contribution in [2.45, 2.75) is 38.7 Å². The van der Waals surface area contributed by atoms with Gasteiger partial charge in [-0.3, -0.25) is 0 Å². The fourth-order valence-corrected chi connectivity index (χ4v) is 1.20. The molecule has 52 valence electrons. The number of hydrogen-bond donors (Lipinski definition) is 0. The first-order chi connectivity index (χ1) is 4.33. The zero-order valence-corrected chi connectivity index (χ0v) is 6.02. The van der Waals surface area contributed by atoms with Gasteiger partial charge in [0.2, 0.25) is 0 Å². The number of ether oxygens (including phenoxy) is 1. The first kappa shape index (κ1) is 6.66. The van der Waals surface area contributed by atoms with Gasteiger partial charge in [-0.05, 0) is 12.8 Å². The quantitative estimate of drug-likeness (QED) is 0.552. The number of rotatable bonds is 2. The van der Waals surface area contributed by atoms with E-state index >= 15 is 0 Å². The van der Waals surface area contributed by atoms with Crippen LogP contribution in [-0.4, -0.2) is 6.10 Å². The summed E-state index contributed by atoms with van der Waals surface area (Å²) < 4.78 is 5.41. The van der Waals surface area contributed by atoms with Crippen LogP contribution in [0.15, 0.2) is 12.3 Å². The van der Waals surface area contributed by atoms with E-state index in [0.717, 1.165) is 12.2 Å². The van der Waals surface area contributed by atoms with E-state index < -0.39 is 0 Å². The fourth-order valence-electron chi connectivity index (χ4n) is 1.20. The second-order valence-electron chi connectivity index (χ2n) is 2.61. The van der Waals surface area contributed by atoms with Crippen molar-refractivity contribution in [2.75, 3.05) is 0 Å². The number of hydrogen-bond acceptors (Lipinski definition) is 1. The molecular formula is C8H14O. The molecule has 1 nitrogen and oxygen atoms in total. The molecule has 0 aromatic carbocycles. The van der Waals surface area contributed by atoms with Crippen LogP contribution in [0.3, 0.4) is 0 Å². The van der Waals surface area contributed by atoms with Crippen molar-refractivity contribution < 1.29 is 4.74 Å². The van der Waals surface area contributed by atoms with Gasteiger partial charge in [0.1, 0.15) is 0 Å². The predicted molar refractivity (Wildman–Crippen MR) is 38.2 cm³/mol. The standard InChI is InChI=1S/C8H14O/c1-3-4-8-6-5-7(2)9-8/h8H,2-6H2,1H3. The number of allylic oxidation sites excluding steroid dienone is 1. The summed E-state index contributed by atoms with van der Waals surface area (Å²) in [5, 5.41) is 0. The van der Waals surface area contributed by atoms with Crippen LogP contribution in [0.4, 0.5) is 0 Å². The molecule has 1 heterocycles. The monoisotopic (exact) mass is 126 g/mol. The summed E-state index contributed by atoms with van der Waals surface area (Å²) in [6, 6.07) is 0. The zero-order chi connectivity index (χ0) is 6.69. The molecule has 0 aromatic rings. The molecule has 1 unspecified atom stereocenters. The van der Waals surface area contributed by atoms with Gasteiger partial charge >= 0.3 is 0 Å². The summed E-state index contributed by atoms with van der Waals surface area (Å²) in [7, 11) is 0. The normalized spacial score (nSPS) is 26.3. The Morgan fingerprint density at radius 2 is 2.56 bits per heavy atom. The lowest BCUT2D eigenvalue weighted by atomic mass is 10.1. The first-order valence-corrected chi connectivity index (χ1v) is 3.67. The summed E-state index contributed by atoms with van der Waals surface area (Å²) in [4.78, 5) is 0. The van der Waals surface area contributed by atoms with Gasteiger partial charge in [-0.1, -0.05) is 19.9 Å². The van der Waals surface area contributed by atoms with E-state index in [1.54, 1.807) is 0 Å². The maximum atomic E-state index is 5.41. The van der Waals surface area contributed by atoms with Crippen molar-refractivity contribution >= 4 is 0 Å². The van der Waals surface area contributed by atoms with Crippen molar-refractivity contribution in [1.82, 2.24) is 0 Å². The maximum absolute atomic E-state index is 5.41. The van der Waals surface area contributed by atoms with E-state index in [0.29, 0.717) is 6.10 Å². The van der Waals surface area contributed by atoms with Crippen LogP contribution in [0.25, 0.3) is 0 Å². The smallest absolute Gasteiger partial charge is 0.0986 e. The zero-order valence-electron chi connectivity index (χ0n) is 6.02. The van der Waals surface area contributed by atoms with Crippen molar-refractivity contribution in [1.29, 1.82) is 0 Å². The van der Waals surface area contributed by atoms with E-state index in [4.69, 9.17) is 4.74 Å². The Balaban J connectivity index is 2.22. The molecule has 1 rings (SSSR count). The van der Waals surface area contributed by atoms with Crippen LogP contribution in [0, 0.1) is 0 Å². The van der Waals surface area contributed by atoms with Crippen LogP contribution in [-0.2, 0) is 4.74 Å². The van der Waals surface area contributed by atoms with Crippen LogP contribution in [0.5, 0.6) is 0 Å². The third-order valence-electron chi connectivity index (χ3n) is 1.69. The molecule has 1 aliphatic rings. The molecule has 0 radical (unpaired) electrons. The summed E-state index contributed by atoms with van der Waals surface area (Å²) in [6.07, 6.45) is 5.16. The largest absolute Gasteiger partial charge is 0.495 e. The van der Waals surface area contributed by atoms with E-state index in [1.807, 2.05) is 0 Å². The van der Waals surface area contributed by atoms with Gasteiger partial charge in [0.05, 0.1) is 11.9 Å². The summed E-state index contributed by atoms with van der Waals surface area (Å²) in [5.74, 6) is 0.980. The van der Waals surface area contributed by atoms with Gasteiger partial charge < -0.3 is 4.74 Å². The van der Waals surface area contributed by atoms with Crippen LogP contribution in [0.2, 0.25) is 0 Å². The molecule has 0 amide bonds. The van der Waals surface area contributed by atoms with Gasteiger partial charge in [0.15, 0.2) is 0 Å². The molecule has 1 heteroatoms. The maximum Gasteiger partial charge on any atom is 0.0986 e. The lowest BCUT2D eigenvalue weighted by molar-refractivity contribution is 0.152. The summed E-state index contributed by atoms with van der Waals surface area (Å²) in [6.45, 7) is 5.95. The Morgan fingerprint density at radius 1 is 1.78 bits per heavy atom. The molecule has 9 heavy (non-hydrogen) atoms. The Kier molecular flexibility index (Phi) is 2.15. The van der Waals surface area contributed by atoms with Gasteiger partial charge in [-0.15, -0.1) is 0 Å². The molecule has 0 bridgehead atoms. The average Bonchev–Trinajstić information content (AvgIpc) is 2.17. The molecule has 0 saturated carbocycles. The molecule has 1 atom stereocenters. The highest BCUT2D eigenvalue weighted by Crippen LogP contribution is 2.23. The highest BCUT2D eigenvalue weighted by Gasteiger charge is 2.17. The van der Waals surface area contributed by atoms with Gasteiger partial charge in [-0.25, -0.2) is 0 Å². The van der Waals surface area contributed by atoms with Gasteiger partial charge in [0, 0.05) is 6.42 Å². The van der Waals surface area contributed by atoms with E-state index in [9.17, 15) is 0 Å². The highest BCUT2D eigenvalue weighted by atomic mass is 16.5. The predicted octanol–water partition coefficient (Wildman–Crippen LogP) is 2.48. The second-order valence-corrected chi connectivity index (χ2v) is 2.61. The van der Waals surface area contributed by atoms with Gasteiger partial charge in [0.25, 0.3) is 0 Å². The lowest BCUT2D eigenvalue weighted by Gasteiger charge is -2.06. The van der Waals surface area contributed by atoms with Crippen molar-refractivity contribution in [2.24, 2.45) is 0 Å². The van der Waals surface area contributed by atoms with E-state index in [-0.39, 0.29) is 0 Å². The van der Waals surface area contributed by atoms with Gasteiger partial charge in [-0.2, -0.15) is 0 Å². The minimum atomic E-state index is 0.488. The molecule has 0 aliphatic carbocycles. The average molecular weight is 126 g/mol. The van der Waals surface area contributed by atoms with Crippen LogP contribution in [0.1, 0.15) is 32.6 Å². The fraction of sp³-hybridized carbons (Fsp3) is 0.750. The molecule has 1 fully saturated rings. The summed E-state index contributed by atoms with van der Waals surface area (Å²) in [5.41, 5.74) is 0. The Morgan fingerprint density at radius 3 is 3.00 bits per heavy atom. The van der Waals surface area contributed by atoms with Crippen LogP contribution >= 0.6 is 0 Å². The molecule has 1 aliphatic heterocycles. The summed E-state index contributed by atoms with van der Waals surface area (Å²) >= 11 is 0. The second kappa shape index (κ2) is 2.90. The Bertz CT molecular complexity index is 107. The SMILES string of the molecule is C=C1CCC(CCC)O1. The third kappa shape index (κ3) is 1.74. The van der Waals surface area contributed by atoms with E-state index in [2.05, 4.69) is 13.5 Å². The molecule has 0 spiro atoms. The molecule has 1 saturated heterocycles. The highest BCUT2D eigenvalue weighted by molar-refractivity contribution is 4.90. The molecule has 0 N–H and O–H groups in total. The van der Waals surface area contributed by atoms with Crippen LogP contribution < -0.4 is 0 Å². The third-order valence-corrected chi connectivity index (χ3v) is 1.69. The minimum Gasteiger partial charge on any atom is -0.495 e. The van der Waals surface area contributed by atoms with Crippen molar-refractivity contribution in [3.8, 4) is 0 Å². The lowest BCUT2D eigenvalue weighted by Crippen LogP contribution is -2.01. The van der Waals surface area contributed by atoms with Crippen molar-refractivity contribution in [3.05, 3.63) is 12.3 Å². The van der Waals surface area contributed by atoms with Crippen molar-refractivity contribution in [3.63, 3.8) is 0 Å². The molecule has 0 aromatic heterocycles. The first-order valence-electron chi connectivity index (χ1n) is 3.67. The minimum absolute atomic E-state index is 0.488. The Labute approximate surface area is 56.7 Å². The Hall–Kier alpha value is -0.460. The molecular weight excluding hydrogens is 112 g/mol. The van der Waals surface area contributed by atoms with E-state index in [1.165, 1.54) is 19.3 Å². The topological polar surface area (TPSA) is 9.23 Å².